The number of carboxylic acids is 1. The maximum Gasteiger partial charge on any atom is 0.305 e. The summed E-state index contributed by atoms with van der Waals surface area (Å²) >= 11 is 0. The van der Waals surface area contributed by atoms with Gasteiger partial charge in [0.2, 0.25) is 0 Å². The van der Waals surface area contributed by atoms with E-state index in [4.69, 9.17) is 0 Å². The van der Waals surface area contributed by atoms with Gasteiger partial charge in [-0.2, -0.15) is 0 Å². The van der Waals surface area contributed by atoms with E-state index in [9.17, 15) is 38.8 Å². The van der Waals surface area contributed by atoms with Crippen molar-refractivity contribution in [1.29, 1.82) is 0 Å². The van der Waals surface area contributed by atoms with Crippen LogP contribution in [0.1, 0.15) is 38.7 Å². The largest absolute Gasteiger partial charge is 0.481 e. The van der Waals surface area contributed by atoms with Gasteiger partial charge in [0.1, 0.15) is 5.82 Å². The summed E-state index contributed by atoms with van der Waals surface area (Å²) in [5, 5.41) is 23.2. The highest BCUT2D eigenvalue weighted by Crippen LogP contribution is 2.25. The van der Waals surface area contributed by atoms with Crippen molar-refractivity contribution in [3.05, 3.63) is 106 Å². The Balaban J connectivity index is 1.70. The van der Waals surface area contributed by atoms with Gasteiger partial charge in [0.05, 0.1) is 17.4 Å². The van der Waals surface area contributed by atoms with Crippen molar-refractivity contribution >= 4 is 29.4 Å². The first kappa shape index (κ1) is 26.9. The molecule has 2 N–H and O–H groups in total. The number of aromatic nitrogens is 1. The van der Waals surface area contributed by atoms with Crippen LogP contribution in [0.3, 0.4) is 0 Å². The van der Waals surface area contributed by atoms with Crippen molar-refractivity contribution in [3.8, 4) is 0 Å². The quantitative estimate of drug-likeness (QED) is 0.328. The van der Waals surface area contributed by atoms with Gasteiger partial charge in [-0.1, -0.05) is 18.2 Å². The summed E-state index contributed by atoms with van der Waals surface area (Å²) in [5.41, 5.74) is -0.0150. The number of carboxylic acid groups (broad SMARTS) is 1. The molecule has 0 radical (unpaired) electrons. The molecule has 1 aliphatic heterocycles. The molecule has 12 nitrogen and oxygen atoms in total. The number of nitro benzene ring substituents is 1. The Kier molecular flexibility index (Phi) is 7.89. The molecule has 2 aromatic carbocycles. The van der Waals surface area contributed by atoms with Crippen LogP contribution >= 0.6 is 0 Å². The van der Waals surface area contributed by atoms with E-state index in [1.54, 1.807) is 0 Å². The molecular weight excluding hydrogens is 513 g/mol. The average molecular weight is 535 g/mol. The fraction of sp³-hybridized carbons (Fsp3) is 0.192. The average Bonchev–Trinajstić information content (AvgIpc) is 3.37. The van der Waals surface area contributed by atoms with Crippen molar-refractivity contribution < 1.29 is 33.6 Å². The van der Waals surface area contributed by atoms with Crippen LogP contribution in [0, 0.1) is 15.9 Å². The summed E-state index contributed by atoms with van der Waals surface area (Å²) in [6, 6.07) is 11.6. The minimum Gasteiger partial charge on any atom is -0.481 e. The Morgan fingerprint density at radius 3 is 2.26 bits per heavy atom. The first-order valence-electron chi connectivity index (χ1n) is 11.7. The van der Waals surface area contributed by atoms with E-state index in [0.717, 1.165) is 28.0 Å². The topological polar surface area (TPSA) is 163 Å². The molecule has 200 valence electrons. The Hall–Kier alpha value is -5.20. The van der Waals surface area contributed by atoms with E-state index in [0.29, 0.717) is 0 Å². The number of hydrogen-bond donors (Lipinski definition) is 2. The molecule has 2 unspecified atom stereocenters. The number of pyridine rings is 1. The summed E-state index contributed by atoms with van der Waals surface area (Å²) in [5.74, 6) is -4.16. The van der Waals surface area contributed by atoms with Gasteiger partial charge in [-0.15, -0.1) is 0 Å². The van der Waals surface area contributed by atoms with Crippen LogP contribution in [0.5, 0.6) is 0 Å². The SMILES string of the molecule is O=C(O)CC(NC(=O)C1N(C(=O)c2ccncc2)CCN1C(=O)c1cccc(F)c1)c1cccc([N+](=O)[O-])c1. The number of halogens is 1. The Bertz CT molecular complexity index is 1430. The molecule has 1 aliphatic rings. The normalized spacial score (nSPS) is 15.5. The standard InChI is InChI=1S/C26H22FN5O7/c27-19-5-1-4-18(13-19)26(37)31-12-11-30(25(36)16-7-9-28-10-8-16)24(31)23(35)29-21(15-22(33)34)17-3-2-6-20(14-17)32(38)39/h1-10,13-14,21,24H,11-12,15H2,(H,29,35)(H,33,34). The van der Waals surface area contributed by atoms with Crippen molar-refractivity contribution in [2.24, 2.45) is 0 Å². The number of rotatable bonds is 8. The van der Waals surface area contributed by atoms with Crippen molar-refractivity contribution in [1.82, 2.24) is 20.1 Å². The Morgan fingerprint density at radius 1 is 1.00 bits per heavy atom. The third-order valence-electron chi connectivity index (χ3n) is 6.11. The highest BCUT2D eigenvalue weighted by molar-refractivity contribution is 6.02. The highest BCUT2D eigenvalue weighted by atomic mass is 19.1. The number of non-ortho nitro benzene ring substituents is 1. The maximum absolute atomic E-state index is 13.8. The number of nitrogens with one attached hydrogen (secondary N) is 1. The number of benzene rings is 2. The number of amides is 3. The fourth-order valence-corrected chi connectivity index (χ4v) is 4.31. The summed E-state index contributed by atoms with van der Waals surface area (Å²) in [6.07, 6.45) is 0.630. The van der Waals surface area contributed by atoms with Crippen LogP contribution in [0.4, 0.5) is 10.1 Å². The van der Waals surface area contributed by atoms with Crippen LogP contribution < -0.4 is 5.32 Å². The molecule has 0 spiro atoms. The molecule has 2 heterocycles. The zero-order chi connectivity index (χ0) is 28.1. The number of nitrogens with zero attached hydrogens (tertiary/aromatic N) is 4. The number of hydrogen-bond acceptors (Lipinski definition) is 7. The van der Waals surface area contributed by atoms with Gasteiger partial charge < -0.3 is 20.2 Å². The molecule has 1 saturated heterocycles. The monoisotopic (exact) mass is 535 g/mol. The molecule has 0 bridgehead atoms. The first-order chi connectivity index (χ1) is 18.7. The molecule has 39 heavy (non-hydrogen) atoms. The predicted molar refractivity (Wildman–Crippen MR) is 133 cm³/mol. The van der Waals surface area contributed by atoms with Crippen molar-refractivity contribution in [2.45, 2.75) is 18.6 Å². The maximum atomic E-state index is 13.8. The molecule has 2 atom stereocenters. The number of nitro groups is 1. The van der Waals surface area contributed by atoms with Crippen molar-refractivity contribution in [2.75, 3.05) is 13.1 Å². The van der Waals surface area contributed by atoms with Gasteiger partial charge in [-0.25, -0.2) is 4.39 Å². The van der Waals surface area contributed by atoms with Gasteiger partial charge in [-0.3, -0.25) is 34.3 Å². The smallest absolute Gasteiger partial charge is 0.305 e. The zero-order valence-corrected chi connectivity index (χ0v) is 20.3. The van der Waals surface area contributed by atoms with Gasteiger partial charge in [0.25, 0.3) is 23.4 Å². The molecule has 3 amide bonds. The third kappa shape index (κ3) is 6.04. The highest BCUT2D eigenvalue weighted by Gasteiger charge is 2.44. The minimum atomic E-state index is -1.52. The van der Waals surface area contributed by atoms with Crippen molar-refractivity contribution in [3.63, 3.8) is 0 Å². The van der Waals surface area contributed by atoms with Crippen LogP contribution in [-0.4, -0.2) is 67.8 Å². The molecule has 4 rings (SSSR count). The predicted octanol–water partition coefficient (Wildman–Crippen LogP) is 2.39. The zero-order valence-electron chi connectivity index (χ0n) is 20.3. The molecule has 0 aliphatic carbocycles. The summed E-state index contributed by atoms with van der Waals surface area (Å²) in [7, 11) is 0. The lowest BCUT2D eigenvalue weighted by Crippen LogP contribution is -2.54. The van der Waals surface area contributed by atoms with E-state index in [1.165, 1.54) is 54.9 Å². The van der Waals surface area contributed by atoms with Crippen LogP contribution in [0.25, 0.3) is 0 Å². The second kappa shape index (κ2) is 11.5. The van der Waals surface area contributed by atoms with E-state index in [1.807, 2.05) is 0 Å². The number of carbonyl (C=O) groups is 4. The van der Waals surface area contributed by atoms with Crippen LogP contribution in [0.15, 0.2) is 73.1 Å². The summed E-state index contributed by atoms with van der Waals surface area (Å²) < 4.78 is 13.8. The fourth-order valence-electron chi connectivity index (χ4n) is 4.31. The first-order valence-corrected chi connectivity index (χ1v) is 11.7. The molecule has 13 heteroatoms. The van der Waals surface area contributed by atoms with Crippen LogP contribution in [0.2, 0.25) is 0 Å². The second-order valence-electron chi connectivity index (χ2n) is 8.63. The summed E-state index contributed by atoms with van der Waals surface area (Å²) in [4.78, 5) is 68.6. The van der Waals surface area contributed by atoms with E-state index < -0.39 is 53.1 Å². The van der Waals surface area contributed by atoms with Gasteiger partial charge in [0.15, 0.2) is 6.17 Å². The number of carbonyl (C=O) groups excluding carboxylic acids is 3. The van der Waals surface area contributed by atoms with Crippen LogP contribution in [-0.2, 0) is 9.59 Å². The molecule has 1 aromatic heterocycles. The van der Waals surface area contributed by atoms with E-state index in [2.05, 4.69) is 10.3 Å². The lowest BCUT2D eigenvalue weighted by Gasteiger charge is -2.31. The van der Waals surface area contributed by atoms with E-state index in [-0.39, 0.29) is 35.5 Å². The Labute approximate surface area is 220 Å². The third-order valence-corrected chi connectivity index (χ3v) is 6.11. The summed E-state index contributed by atoms with van der Waals surface area (Å²) in [6.45, 7) is -0.106. The van der Waals surface area contributed by atoms with Gasteiger partial charge in [-0.05, 0) is 35.9 Å². The molecular formula is C26H22FN5O7. The number of aliphatic carboxylic acids is 1. The molecule has 3 aromatic rings. The van der Waals surface area contributed by atoms with E-state index >= 15 is 0 Å². The van der Waals surface area contributed by atoms with Gasteiger partial charge >= 0.3 is 5.97 Å². The Morgan fingerprint density at radius 2 is 1.64 bits per heavy atom. The lowest BCUT2D eigenvalue weighted by atomic mass is 10.0. The van der Waals surface area contributed by atoms with Gasteiger partial charge in [0, 0.05) is 48.7 Å². The minimum absolute atomic E-state index is 0.0410. The molecule has 0 saturated carbocycles. The second-order valence-corrected chi connectivity index (χ2v) is 8.63. The molecule has 1 fully saturated rings. The lowest BCUT2D eigenvalue weighted by molar-refractivity contribution is -0.384.